The van der Waals surface area contributed by atoms with Crippen molar-refractivity contribution in [2.45, 2.75) is 13.5 Å². The van der Waals surface area contributed by atoms with Crippen LogP contribution >= 0.6 is 11.3 Å². The summed E-state index contributed by atoms with van der Waals surface area (Å²) in [5.74, 6) is 1.21. The summed E-state index contributed by atoms with van der Waals surface area (Å²) in [4.78, 5) is 20.1. The van der Waals surface area contributed by atoms with Crippen molar-refractivity contribution in [2.24, 2.45) is 0 Å². The molecule has 0 saturated heterocycles. The molecule has 0 fully saturated rings. The Morgan fingerprint density at radius 1 is 1.00 bits per heavy atom. The SMILES string of the molecule is COc1cccc(C(=O)N(Cc2ccccc2)c2nc3c(OC)ccc(C)c3s2)c1. The smallest absolute Gasteiger partial charge is 0.260 e. The number of fused-ring (bicyclic) bond motifs is 1. The first-order chi connectivity index (χ1) is 14.6. The van der Waals surface area contributed by atoms with Crippen molar-refractivity contribution in [3.8, 4) is 11.5 Å². The van der Waals surface area contributed by atoms with Crippen molar-refractivity contribution in [2.75, 3.05) is 19.1 Å². The minimum absolute atomic E-state index is 0.131. The fraction of sp³-hybridized carbons (Fsp3) is 0.167. The van der Waals surface area contributed by atoms with Gasteiger partial charge < -0.3 is 9.47 Å². The summed E-state index contributed by atoms with van der Waals surface area (Å²) in [6, 6.07) is 21.0. The summed E-state index contributed by atoms with van der Waals surface area (Å²) >= 11 is 1.50. The average Bonchev–Trinajstić information content (AvgIpc) is 3.24. The number of benzene rings is 3. The van der Waals surface area contributed by atoms with Gasteiger partial charge in [-0.05, 0) is 42.3 Å². The van der Waals surface area contributed by atoms with Gasteiger partial charge in [0.1, 0.15) is 17.0 Å². The second-order valence-electron chi connectivity index (χ2n) is 6.87. The molecule has 0 spiro atoms. The quantitative estimate of drug-likeness (QED) is 0.417. The number of nitrogens with zero attached hydrogens (tertiary/aromatic N) is 2. The summed E-state index contributed by atoms with van der Waals surface area (Å²) in [6.07, 6.45) is 0. The molecule has 0 aliphatic rings. The van der Waals surface area contributed by atoms with Gasteiger partial charge in [-0.15, -0.1) is 0 Å². The van der Waals surface area contributed by atoms with Gasteiger partial charge in [-0.2, -0.15) is 0 Å². The molecule has 5 nitrogen and oxygen atoms in total. The number of anilines is 1. The number of ether oxygens (including phenoxy) is 2. The number of carbonyl (C=O) groups is 1. The lowest BCUT2D eigenvalue weighted by molar-refractivity contribution is 0.0985. The number of carbonyl (C=O) groups excluding carboxylic acids is 1. The fourth-order valence-corrected chi connectivity index (χ4v) is 4.33. The number of aryl methyl sites for hydroxylation is 1. The van der Waals surface area contributed by atoms with Gasteiger partial charge in [0.15, 0.2) is 5.13 Å². The highest BCUT2D eigenvalue weighted by Gasteiger charge is 2.23. The number of amides is 1. The highest BCUT2D eigenvalue weighted by Crippen LogP contribution is 2.37. The zero-order chi connectivity index (χ0) is 21.1. The Balaban J connectivity index is 1.82. The Morgan fingerprint density at radius 2 is 1.80 bits per heavy atom. The predicted octanol–water partition coefficient (Wildman–Crippen LogP) is 5.47. The molecule has 0 radical (unpaired) electrons. The zero-order valence-corrected chi connectivity index (χ0v) is 17.9. The van der Waals surface area contributed by atoms with E-state index in [4.69, 9.17) is 14.5 Å². The third-order valence-corrected chi connectivity index (χ3v) is 6.10. The molecule has 30 heavy (non-hydrogen) atoms. The van der Waals surface area contributed by atoms with E-state index in [1.54, 1.807) is 31.3 Å². The van der Waals surface area contributed by atoms with Crippen LogP contribution in [0.3, 0.4) is 0 Å². The lowest BCUT2D eigenvalue weighted by Crippen LogP contribution is -2.30. The van der Waals surface area contributed by atoms with Crippen LogP contribution in [-0.4, -0.2) is 25.1 Å². The van der Waals surface area contributed by atoms with E-state index in [-0.39, 0.29) is 5.91 Å². The Bertz CT molecular complexity index is 1190. The van der Waals surface area contributed by atoms with Gasteiger partial charge in [-0.1, -0.05) is 53.8 Å². The Morgan fingerprint density at radius 3 is 2.53 bits per heavy atom. The van der Waals surface area contributed by atoms with E-state index in [1.165, 1.54) is 11.3 Å². The van der Waals surface area contributed by atoms with Crippen LogP contribution < -0.4 is 14.4 Å². The summed E-state index contributed by atoms with van der Waals surface area (Å²) in [5, 5.41) is 0.634. The topological polar surface area (TPSA) is 51.7 Å². The van der Waals surface area contributed by atoms with E-state index in [2.05, 4.69) is 0 Å². The number of aromatic nitrogens is 1. The molecule has 0 unspecified atom stereocenters. The monoisotopic (exact) mass is 418 g/mol. The molecular weight excluding hydrogens is 396 g/mol. The molecule has 4 aromatic rings. The standard InChI is InChI=1S/C24H22N2O3S/c1-16-12-13-20(29-3)21-22(16)30-24(25-21)26(15-17-8-5-4-6-9-17)23(27)18-10-7-11-19(14-18)28-2/h4-14H,15H2,1-3H3. The van der Waals surface area contributed by atoms with Crippen molar-refractivity contribution in [3.63, 3.8) is 0 Å². The van der Waals surface area contributed by atoms with Crippen molar-refractivity contribution in [1.82, 2.24) is 4.98 Å². The molecule has 0 aliphatic carbocycles. The Kier molecular flexibility index (Phi) is 5.68. The molecule has 0 atom stereocenters. The lowest BCUT2D eigenvalue weighted by Gasteiger charge is -2.20. The number of rotatable bonds is 6. The van der Waals surface area contributed by atoms with Gasteiger partial charge in [-0.25, -0.2) is 4.98 Å². The van der Waals surface area contributed by atoms with Crippen LogP contribution in [0.1, 0.15) is 21.5 Å². The van der Waals surface area contributed by atoms with E-state index in [1.807, 2.05) is 61.5 Å². The summed E-state index contributed by atoms with van der Waals surface area (Å²) in [7, 11) is 3.22. The highest BCUT2D eigenvalue weighted by atomic mass is 32.1. The zero-order valence-electron chi connectivity index (χ0n) is 17.1. The molecular formula is C24H22N2O3S. The maximum absolute atomic E-state index is 13.5. The predicted molar refractivity (Wildman–Crippen MR) is 121 cm³/mol. The molecule has 1 heterocycles. The Hall–Kier alpha value is -3.38. The second-order valence-corrected chi connectivity index (χ2v) is 7.85. The van der Waals surface area contributed by atoms with Crippen molar-refractivity contribution >= 4 is 32.6 Å². The maximum atomic E-state index is 13.5. The van der Waals surface area contributed by atoms with Crippen LogP contribution in [-0.2, 0) is 6.54 Å². The van der Waals surface area contributed by atoms with Crippen molar-refractivity contribution < 1.29 is 14.3 Å². The molecule has 0 N–H and O–H groups in total. The molecule has 3 aromatic carbocycles. The first kappa shape index (κ1) is 19.9. The maximum Gasteiger partial charge on any atom is 0.260 e. The summed E-state index contributed by atoms with van der Waals surface area (Å²) < 4.78 is 11.8. The van der Waals surface area contributed by atoms with Crippen LogP contribution in [0, 0.1) is 6.92 Å². The minimum atomic E-state index is -0.131. The van der Waals surface area contributed by atoms with E-state index >= 15 is 0 Å². The second kappa shape index (κ2) is 8.55. The largest absolute Gasteiger partial charge is 0.497 e. The van der Waals surface area contributed by atoms with E-state index in [0.717, 1.165) is 21.3 Å². The van der Waals surface area contributed by atoms with Gasteiger partial charge in [0, 0.05) is 5.56 Å². The van der Waals surface area contributed by atoms with E-state index in [0.29, 0.717) is 28.7 Å². The molecule has 6 heteroatoms. The van der Waals surface area contributed by atoms with Crippen LogP contribution in [0.25, 0.3) is 10.2 Å². The first-order valence-corrected chi connectivity index (χ1v) is 10.4. The van der Waals surface area contributed by atoms with Crippen molar-refractivity contribution in [1.29, 1.82) is 0 Å². The molecule has 0 saturated carbocycles. The van der Waals surface area contributed by atoms with Gasteiger partial charge in [0.25, 0.3) is 5.91 Å². The molecule has 1 amide bonds. The normalized spacial score (nSPS) is 10.8. The molecule has 0 bridgehead atoms. The van der Waals surface area contributed by atoms with E-state index < -0.39 is 0 Å². The number of hydrogen-bond acceptors (Lipinski definition) is 5. The number of methoxy groups -OCH3 is 2. The van der Waals surface area contributed by atoms with Crippen LogP contribution in [0.2, 0.25) is 0 Å². The fourth-order valence-electron chi connectivity index (χ4n) is 3.28. The lowest BCUT2D eigenvalue weighted by atomic mass is 10.1. The number of hydrogen-bond donors (Lipinski definition) is 0. The van der Waals surface area contributed by atoms with Crippen LogP contribution in [0.4, 0.5) is 5.13 Å². The third kappa shape index (κ3) is 3.86. The third-order valence-electron chi connectivity index (χ3n) is 4.89. The van der Waals surface area contributed by atoms with Crippen molar-refractivity contribution in [3.05, 3.63) is 83.4 Å². The number of thiazole rings is 1. The highest BCUT2D eigenvalue weighted by molar-refractivity contribution is 7.22. The Labute approximate surface area is 179 Å². The molecule has 152 valence electrons. The van der Waals surface area contributed by atoms with Gasteiger partial charge in [0.2, 0.25) is 0 Å². The van der Waals surface area contributed by atoms with Crippen LogP contribution in [0.5, 0.6) is 11.5 Å². The van der Waals surface area contributed by atoms with E-state index in [9.17, 15) is 4.79 Å². The van der Waals surface area contributed by atoms with Gasteiger partial charge in [0.05, 0.1) is 25.5 Å². The first-order valence-electron chi connectivity index (χ1n) is 9.54. The molecule has 4 rings (SSSR count). The summed E-state index contributed by atoms with van der Waals surface area (Å²) in [5.41, 5.74) is 3.45. The molecule has 1 aromatic heterocycles. The minimum Gasteiger partial charge on any atom is -0.497 e. The van der Waals surface area contributed by atoms with Gasteiger partial charge >= 0.3 is 0 Å². The van der Waals surface area contributed by atoms with Crippen LogP contribution in [0.15, 0.2) is 66.7 Å². The van der Waals surface area contributed by atoms with Gasteiger partial charge in [-0.3, -0.25) is 9.69 Å². The summed E-state index contributed by atoms with van der Waals surface area (Å²) in [6.45, 7) is 2.45. The molecule has 0 aliphatic heterocycles. The average molecular weight is 419 g/mol.